The molecule has 0 amide bonds. The number of nitrogens with two attached hydrogens (primary N) is 1. The maximum absolute atomic E-state index is 6.04. The Labute approximate surface area is 118 Å². The van der Waals surface area contributed by atoms with Crippen molar-refractivity contribution >= 4 is 5.82 Å². The van der Waals surface area contributed by atoms with Crippen molar-refractivity contribution in [2.75, 3.05) is 5.73 Å². The van der Waals surface area contributed by atoms with E-state index < -0.39 is 0 Å². The van der Waals surface area contributed by atoms with E-state index in [0.717, 1.165) is 24.2 Å². The van der Waals surface area contributed by atoms with E-state index in [1.54, 1.807) is 4.68 Å². The average molecular weight is 263 g/mol. The van der Waals surface area contributed by atoms with Crippen LogP contribution in [0.1, 0.15) is 11.3 Å². The predicted molar refractivity (Wildman–Crippen MR) is 81.8 cm³/mol. The number of hydrogen-bond acceptors (Lipinski definition) is 2. The van der Waals surface area contributed by atoms with Gasteiger partial charge in [0.15, 0.2) is 0 Å². The van der Waals surface area contributed by atoms with Gasteiger partial charge in [-0.1, -0.05) is 48.5 Å². The molecule has 0 radical (unpaired) electrons. The van der Waals surface area contributed by atoms with E-state index in [1.165, 1.54) is 5.56 Å². The van der Waals surface area contributed by atoms with E-state index in [2.05, 4.69) is 29.4 Å². The fraction of sp³-hybridized carbons (Fsp3) is 0.118. The van der Waals surface area contributed by atoms with E-state index in [1.807, 2.05) is 42.5 Å². The van der Waals surface area contributed by atoms with E-state index in [0.29, 0.717) is 5.82 Å². The van der Waals surface area contributed by atoms with Gasteiger partial charge in [0.25, 0.3) is 0 Å². The third kappa shape index (κ3) is 2.72. The average Bonchev–Trinajstić information content (AvgIpc) is 2.88. The number of aryl methyl sites for hydroxylation is 2. The van der Waals surface area contributed by atoms with E-state index in [-0.39, 0.29) is 0 Å². The van der Waals surface area contributed by atoms with E-state index >= 15 is 0 Å². The Hall–Kier alpha value is -2.55. The van der Waals surface area contributed by atoms with Crippen LogP contribution in [0.15, 0.2) is 66.7 Å². The summed E-state index contributed by atoms with van der Waals surface area (Å²) in [5.74, 6) is 0.680. The van der Waals surface area contributed by atoms with Gasteiger partial charge in [0.2, 0.25) is 0 Å². The number of nitrogen functional groups attached to an aromatic ring is 1. The Morgan fingerprint density at radius 3 is 2.20 bits per heavy atom. The van der Waals surface area contributed by atoms with Crippen molar-refractivity contribution in [2.24, 2.45) is 0 Å². The first-order valence-corrected chi connectivity index (χ1v) is 6.77. The molecule has 0 unspecified atom stereocenters. The molecule has 1 heterocycles. The zero-order valence-corrected chi connectivity index (χ0v) is 11.2. The molecular formula is C17H17N3. The monoisotopic (exact) mass is 263 g/mol. The van der Waals surface area contributed by atoms with Crippen LogP contribution in [0.4, 0.5) is 5.82 Å². The van der Waals surface area contributed by atoms with Crippen molar-refractivity contribution in [3.8, 4) is 5.69 Å². The second kappa shape index (κ2) is 5.61. The Bertz CT molecular complexity index is 672. The maximum Gasteiger partial charge on any atom is 0.127 e. The molecule has 0 aliphatic carbocycles. The lowest BCUT2D eigenvalue weighted by Gasteiger charge is -2.02. The van der Waals surface area contributed by atoms with Gasteiger partial charge in [-0.3, -0.25) is 0 Å². The highest BCUT2D eigenvalue weighted by Crippen LogP contribution is 2.15. The fourth-order valence-electron chi connectivity index (χ4n) is 2.26. The number of aromatic nitrogens is 2. The van der Waals surface area contributed by atoms with Gasteiger partial charge in [-0.2, -0.15) is 5.10 Å². The first-order chi connectivity index (χ1) is 9.83. The van der Waals surface area contributed by atoms with E-state index in [9.17, 15) is 0 Å². The number of anilines is 1. The summed E-state index contributed by atoms with van der Waals surface area (Å²) < 4.78 is 1.79. The van der Waals surface area contributed by atoms with Crippen molar-refractivity contribution < 1.29 is 0 Å². The molecule has 100 valence electrons. The highest BCUT2D eigenvalue weighted by atomic mass is 15.3. The molecule has 3 nitrogen and oxygen atoms in total. The number of rotatable bonds is 4. The quantitative estimate of drug-likeness (QED) is 0.785. The number of benzene rings is 2. The molecule has 0 aliphatic heterocycles. The minimum absolute atomic E-state index is 0.680. The lowest BCUT2D eigenvalue weighted by Crippen LogP contribution is -2.01. The van der Waals surface area contributed by atoms with Crippen LogP contribution in [0.3, 0.4) is 0 Å². The van der Waals surface area contributed by atoms with Crippen LogP contribution in [0, 0.1) is 0 Å². The third-order valence-corrected chi connectivity index (χ3v) is 3.30. The molecule has 3 heteroatoms. The summed E-state index contributed by atoms with van der Waals surface area (Å²) in [4.78, 5) is 0. The minimum atomic E-state index is 0.680. The first-order valence-electron chi connectivity index (χ1n) is 6.77. The number of hydrogen-bond donors (Lipinski definition) is 1. The molecule has 3 rings (SSSR count). The van der Waals surface area contributed by atoms with Crippen LogP contribution in [0.2, 0.25) is 0 Å². The van der Waals surface area contributed by atoms with E-state index in [4.69, 9.17) is 5.73 Å². The molecule has 0 atom stereocenters. The minimum Gasteiger partial charge on any atom is -0.384 e. The molecule has 0 fully saturated rings. The van der Waals surface area contributed by atoms with Gasteiger partial charge in [0.05, 0.1) is 11.4 Å². The molecule has 0 saturated heterocycles. The zero-order valence-electron chi connectivity index (χ0n) is 11.2. The normalized spacial score (nSPS) is 10.6. The van der Waals surface area contributed by atoms with Crippen LogP contribution < -0.4 is 5.73 Å². The molecular weight excluding hydrogens is 246 g/mol. The van der Waals surface area contributed by atoms with Gasteiger partial charge in [-0.15, -0.1) is 0 Å². The standard InChI is InChI=1S/C17H17N3/c18-17-13-15(12-11-14-7-3-1-4-8-14)19-20(17)16-9-5-2-6-10-16/h1-10,13H,11-12,18H2. The second-order valence-corrected chi connectivity index (χ2v) is 4.79. The van der Waals surface area contributed by atoms with Gasteiger partial charge in [0, 0.05) is 6.07 Å². The molecule has 3 aromatic rings. The van der Waals surface area contributed by atoms with Crippen molar-refractivity contribution in [3.63, 3.8) is 0 Å². The number of nitrogens with zero attached hydrogens (tertiary/aromatic N) is 2. The Morgan fingerprint density at radius 1 is 0.850 bits per heavy atom. The van der Waals surface area contributed by atoms with Crippen LogP contribution >= 0.6 is 0 Å². The lowest BCUT2D eigenvalue weighted by molar-refractivity contribution is 0.823. The molecule has 20 heavy (non-hydrogen) atoms. The molecule has 2 N–H and O–H groups in total. The molecule has 1 aromatic heterocycles. The van der Waals surface area contributed by atoms with Crippen LogP contribution in [0.5, 0.6) is 0 Å². The molecule has 2 aromatic carbocycles. The summed E-state index contributed by atoms with van der Waals surface area (Å²) in [7, 11) is 0. The third-order valence-electron chi connectivity index (χ3n) is 3.30. The molecule has 0 spiro atoms. The SMILES string of the molecule is Nc1cc(CCc2ccccc2)nn1-c1ccccc1. The van der Waals surface area contributed by atoms with Crippen LogP contribution in [-0.2, 0) is 12.8 Å². The molecule has 0 aliphatic rings. The fourth-order valence-corrected chi connectivity index (χ4v) is 2.26. The lowest BCUT2D eigenvalue weighted by atomic mass is 10.1. The summed E-state index contributed by atoms with van der Waals surface area (Å²) in [6.07, 6.45) is 1.88. The van der Waals surface area contributed by atoms with Crippen molar-refractivity contribution in [3.05, 3.63) is 78.0 Å². The van der Waals surface area contributed by atoms with Crippen LogP contribution in [-0.4, -0.2) is 9.78 Å². The second-order valence-electron chi connectivity index (χ2n) is 4.79. The summed E-state index contributed by atoms with van der Waals surface area (Å²) in [5.41, 5.74) is 9.38. The maximum atomic E-state index is 6.04. The van der Waals surface area contributed by atoms with Gasteiger partial charge < -0.3 is 5.73 Å². The molecule has 0 saturated carbocycles. The van der Waals surface area contributed by atoms with Gasteiger partial charge in [-0.25, -0.2) is 4.68 Å². The topological polar surface area (TPSA) is 43.8 Å². The van der Waals surface area contributed by atoms with Gasteiger partial charge in [0.1, 0.15) is 5.82 Å². The predicted octanol–water partition coefficient (Wildman–Crippen LogP) is 3.24. The summed E-state index contributed by atoms with van der Waals surface area (Å²) >= 11 is 0. The summed E-state index contributed by atoms with van der Waals surface area (Å²) in [6, 6.07) is 22.4. The zero-order chi connectivity index (χ0) is 13.8. The van der Waals surface area contributed by atoms with Crippen LogP contribution in [0.25, 0.3) is 5.69 Å². The van der Waals surface area contributed by atoms with Crippen molar-refractivity contribution in [1.82, 2.24) is 9.78 Å². The van der Waals surface area contributed by atoms with Crippen molar-refractivity contribution in [1.29, 1.82) is 0 Å². The largest absolute Gasteiger partial charge is 0.384 e. The summed E-state index contributed by atoms with van der Waals surface area (Å²) in [5, 5.41) is 4.59. The first kappa shape index (κ1) is 12.5. The van der Waals surface area contributed by atoms with Gasteiger partial charge in [-0.05, 0) is 30.5 Å². The van der Waals surface area contributed by atoms with Crippen molar-refractivity contribution in [2.45, 2.75) is 12.8 Å². The highest BCUT2D eigenvalue weighted by molar-refractivity contribution is 5.42. The van der Waals surface area contributed by atoms with Gasteiger partial charge >= 0.3 is 0 Å². The summed E-state index contributed by atoms with van der Waals surface area (Å²) in [6.45, 7) is 0. The number of para-hydroxylation sites is 1. The highest BCUT2D eigenvalue weighted by Gasteiger charge is 2.06. The Balaban J connectivity index is 1.76. The Kier molecular flexibility index (Phi) is 3.50. The Morgan fingerprint density at radius 2 is 1.50 bits per heavy atom. The smallest absolute Gasteiger partial charge is 0.127 e. The molecule has 0 bridgehead atoms.